The van der Waals surface area contributed by atoms with Crippen molar-refractivity contribution in [3.63, 3.8) is 0 Å². The summed E-state index contributed by atoms with van der Waals surface area (Å²) in [5, 5.41) is -0.0900. The van der Waals surface area contributed by atoms with Crippen molar-refractivity contribution in [1.82, 2.24) is 4.31 Å². The van der Waals surface area contributed by atoms with Crippen LogP contribution in [0.4, 0.5) is 0 Å². The van der Waals surface area contributed by atoms with Crippen LogP contribution in [0.3, 0.4) is 0 Å². The third-order valence-electron chi connectivity index (χ3n) is 3.93. The topological polar surface area (TPSA) is 37.4 Å². The van der Waals surface area contributed by atoms with Gasteiger partial charge < -0.3 is 0 Å². The summed E-state index contributed by atoms with van der Waals surface area (Å²) in [5.41, 5.74) is -0.0941. The summed E-state index contributed by atoms with van der Waals surface area (Å²) in [6.07, 6.45) is 4.24. The van der Waals surface area contributed by atoms with Crippen LogP contribution in [0.25, 0.3) is 0 Å². The van der Waals surface area contributed by atoms with Crippen LogP contribution in [0.2, 0.25) is 0 Å². The lowest BCUT2D eigenvalue weighted by Crippen LogP contribution is -2.76. The minimum Gasteiger partial charge on any atom is -0.212 e. The molecule has 0 aliphatic heterocycles. The van der Waals surface area contributed by atoms with Crippen LogP contribution in [0.5, 0.6) is 0 Å². The smallest absolute Gasteiger partial charge is 0.212 e. The number of hydrogen-bond acceptors (Lipinski definition) is 2. The minimum atomic E-state index is -3.00. The lowest BCUT2D eigenvalue weighted by Gasteiger charge is -2.69. The van der Waals surface area contributed by atoms with Gasteiger partial charge in [0.1, 0.15) is 0 Å². The fourth-order valence-corrected chi connectivity index (χ4v) is 5.47. The highest BCUT2D eigenvalue weighted by molar-refractivity contribution is 7.90. The Hall–Kier alpha value is 0.200. The van der Waals surface area contributed by atoms with Crippen LogP contribution in [-0.4, -0.2) is 35.4 Å². The third-order valence-corrected chi connectivity index (χ3v) is 6.80. The van der Waals surface area contributed by atoms with E-state index in [1.165, 1.54) is 0 Å². The van der Waals surface area contributed by atoms with Crippen LogP contribution in [-0.2, 0) is 10.0 Å². The van der Waals surface area contributed by atoms with Crippen molar-refractivity contribution in [1.29, 1.82) is 0 Å². The molecule has 0 radical (unpaired) electrons. The van der Waals surface area contributed by atoms with Crippen molar-refractivity contribution >= 4 is 21.6 Å². The summed E-state index contributed by atoms with van der Waals surface area (Å²) in [7, 11) is -1.27. The van der Waals surface area contributed by atoms with Crippen molar-refractivity contribution in [2.75, 3.05) is 7.05 Å². The maximum absolute atomic E-state index is 11.9. The molecule has 4 aliphatic rings. The van der Waals surface area contributed by atoms with Gasteiger partial charge in [-0.15, -0.1) is 11.6 Å². The normalized spacial score (nSPS) is 45.9. The van der Waals surface area contributed by atoms with Gasteiger partial charge in [-0.05, 0) is 32.1 Å². The average molecular weight is 236 g/mol. The second-order valence-electron chi connectivity index (χ2n) is 5.12. The van der Waals surface area contributed by atoms with Gasteiger partial charge in [0.15, 0.2) is 0 Å². The highest BCUT2D eigenvalue weighted by Crippen LogP contribution is 2.67. The van der Waals surface area contributed by atoms with E-state index < -0.39 is 10.0 Å². The number of halogens is 1. The van der Waals surface area contributed by atoms with E-state index in [1.54, 1.807) is 11.4 Å². The Labute approximate surface area is 89.5 Å². The second-order valence-corrected chi connectivity index (χ2v) is 8.16. The van der Waals surface area contributed by atoms with Crippen molar-refractivity contribution < 1.29 is 8.42 Å². The van der Waals surface area contributed by atoms with Crippen molar-refractivity contribution in [3.05, 3.63) is 0 Å². The molecule has 14 heavy (non-hydrogen) atoms. The number of rotatable bonds is 3. The Morgan fingerprint density at radius 2 is 1.79 bits per heavy atom. The Bertz CT molecular complexity index is 368. The summed E-state index contributed by atoms with van der Waals surface area (Å²) in [6.45, 7) is 0. The molecule has 4 aliphatic carbocycles. The summed E-state index contributed by atoms with van der Waals surface area (Å²) in [6, 6.07) is 0. The lowest BCUT2D eigenvalue weighted by atomic mass is 9.49. The number of nitrogens with zero attached hydrogens (tertiary/aromatic N) is 1. The maximum atomic E-state index is 11.9. The van der Waals surface area contributed by atoms with E-state index >= 15 is 0 Å². The van der Waals surface area contributed by atoms with Gasteiger partial charge in [0.25, 0.3) is 0 Å². The van der Waals surface area contributed by atoms with Gasteiger partial charge in [-0.1, -0.05) is 0 Å². The fraction of sp³-hybridized carbons (Fsp3) is 1.00. The number of sulfonamides is 1. The van der Waals surface area contributed by atoms with Gasteiger partial charge in [-0.3, -0.25) is 0 Å². The first kappa shape index (κ1) is 9.43. The third kappa shape index (κ3) is 0.996. The second kappa shape index (κ2) is 2.30. The molecular weight excluding hydrogens is 222 g/mol. The van der Waals surface area contributed by atoms with Crippen LogP contribution in [0, 0.1) is 0 Å². The first-order chi connectivity index (χ1) is 6.38. The Kier molecular flexibility index (Phi) is 1.55. The predicted octanol–water partition coefficient (Wildman–Crippen LogP) is 1.32. The van der Waals surface area contributed by atoms with Crippen LogP contribution in [0.15, 0.2) is 0 Å². The Morgan fingerprint density at radius 1 is 1.29 bits per heavy atom. The minimum absolute atomic E-state index is 0.0483. The SMILES string of the molecule is CN(C12CC(Cl)(C1)C2)S(=O)(=O)C1CC1. The van der Waals surface area contributed by atoms with Gasteiger partial charge in [-0.25, -0.2) is 8.42 Å². The molecule has 0 heterocycles. The monoisotopic (exact) mass is 235 g/mol. The molecule has 0 aromatic carbocycles. The predicted molar refractivity (Wildman–Crippen MR) is 54.9 cm³/mol. The molecule has 4 rings (SSSR count). The van der Waals surface area contributed by atoms with E-state index in [0.717, 1.165) is 32.1 Å². The molecule has 0 N–H and O–H groups in total. The zero-order chi connectivity index (χ0) is 10.2. The molecule has 0 spiro atoms. The molecular formula is C9H14ClNO2S. The molecule has 2 bridgehead atoms. The summed E-state index contributed by atoms with van der Waals surface area (Å²) in [5.74, 6) is 0. The van der Waals surface area contributed by atoms with E-state index in [-0.39, 0.29) is 15.7 Å². The number of hydrogen-bond donors (Lipinski definition) is 0. The van der Waals surface area contributed by atoms with Crippen molar-refractivity contribution in [3.8, 4) is 0 Å². The summed E-state index contributed by atoms with van der Waals surface area (Å²) < 4.78 is 25.5. The highest BCUT2D eigenvalue weighted by atomic mass is 35.5. The summed E-state index contributed by atoms with van der Waals surface area (Å²) in [4.78, 5) is -0.0483. The molecule has 4 saturated carbocycles. The Balaban J connectivity index is 1.80. The largest absolute Gasteiger partial charge is 0.217 e. The van der Waals surface area contributed by atoms with Crippen LogP contribution < -0.4 is 0 Å². The number of alkyl halides is 1. The van der Waals surface area contributed by atoms with Crippen molar-refractivity contribution in [2.24, 2.45) is 0 Å². The van der Waals surface area contributed by atoms with Gasteiger partial charge >= 0.3 is 0 Å². The van der Waals surface area contributed by atoms with Gasteiger partial charge in [0, 0.05) is 12.6 Å². The molecule has 0 amide bonds. The van der Waals surface area contributed by atoms with Gasteiger partial charge in [-0.2, -0.15) is 4.31 Å². The molecule has 0 atom stereocenters. The van der Waals surface area contributed by atoms with E-state index in [2.05, 4.69) is 0 Å². The first-order valence-electron chi connectivity index (χ1n) is 5.05. The standard InChI is InChI=1S/C9H14ClNO2S/c1-11(14(12,13)7-2-3-7)9-4-8(10,5-9)6-9/h7H,2-6H2,1H3. The average Bonchev–Trinajstić information content (AvgIpc) is 2.76. The molecule has 3 nitrogen and oxygen atoms in total. The van der Waals surface area contributed by atoms with E-state index in [4.69, 9.17) is 11.6 Å². The zero-order valence-corrected chi connectivity index (χ0v) is 9.74. The van der Waals surface area contributed by atoms with Crippen LogP contribution in [0.1, 0.15) is 32.1 Å². The fourth-order valence-electron chi connectivity index (χ4n) is 2.81. The van der Waals surface area contributed by atoms with E-state index in [0.29, 0.717) is 0 Å². The molecule has 0 unspecified atom stereocenters. The van der Waals surface area contributed by atoms with Gasteiger partial charge in [0.05, 0.1) is 10.1 Å². The van der Waals surface area contributed by atoms with Crippen LogP contribution >= 0.6 is 11.6 Å². The zero-order valence-electron chi connectivity index (χ0n) is 8.16. The quantitative estimate of drug-likeness (QED) is 0.692. The molecule has 4 fully saturated rings. The molecule has 0 saturated heterocycles. The van der Waals surface area contributed by atoms with E-state index in [1.807, 2.05) is 0 Å². The molecule has 80 valence electrons. The van der Waals surface area contributed by atoms with Crippen molar-refractivity contribution in [2.45, 2.75) is 47.8 Å². The Morgan fingerprint density at radius 3 is 2.14 bits per heavy atom. The lowest BCUT2D eigenvalue weighted by molar-refractivity contribution is -0.0722. The van der Waals surface area contributed by atoms with E-state index in [9.17, 15) is 8.42 Å². The molecule has 0 aromatic rings. The highest BCUT2D eigenvalue weighted by Gasteiger charge is 2.71. The first-order valence-corrected chi connectivity index (χ1v) is 6.93. The van der Waals surface area contributed by atoms with Gasteiger partial charge in [0.2, 0.25) is 10.0 Å². The maximum Gasteiger partial charge on any atom is 0.217 e. The summed E-state index contributed by atoms with van der Waals surface area (Å²) >= 11 is 6.13. The molecule has 0 aromatic heterocycles. The molecule has 5 heteroatoms.